The molecule has 20 heavy (non-hydrogen) atoms. The summed E-state index contributed by atoms with van der Waals surface area (Å²) >= 11 is 1.49. The zero-order valence-corrected chi connectivity index (χ0v) is 13.0. The van der Waals surface area contributed by atoms with Gasteiger partial charge in [0.2, 0.25) is 5.91 Å². The summed E-state index contributed by atoms with van der Waals surface area (Å²) in [5.41, 5.74) is 0.166. The zero-order chi connectivity index (χ0) is 14.6. The van der Waals surface area contributed by atoms with E-state index in [1.54, 1.807) is 0 Å². The summed E-state index contributed by atoms with van der Waals surface area (Å²) < 4.78 is 0. The number of aryl methyl sites for hydroxylation is 2. The molecule has 0 bridgehead atoms. The number of nitrogens with zero attached hydrogens (tertiary/aromatic N) is 2. The van der Waals surface area contributed by atoms with Crippen LogP contribution in [0.2, 0.25) is 0 Å². The SMILES string of the molecule is CCc1nc(NC(=O)C2(C#N)CCCCCC2)sc1C. The first-order valence-corrected chi connectivity index (χ1v) is 8.12. The first kappa shape index (κ1) is 15.0. The van der Waals surface area contributed by atoms with Crippen LogP contribution in [0.3, 0.4) is 0 Å². The first-order valence-electron chi connectivity index (χ1n) is 7.30. The van der Waals surface area contributed by atoms with E-state index in [2.05, 4.69) is 23.3 Å². The number of nitriles is 1. The highest BCUT2D eigenvalue weighted by Gasteiger charge is 2.39. The van der Waals surface area contributed by atoms with E-state index in [9.17, 15) is 10.1 Å². The molecule has 1 aliphatic carbocycles. The van der Waals surface area contributed by atoms with Crippen molar-refractivity contribution in [1.29, 1.82) is 5.26 Å². The number of thiazole rings is 1. The normalized spacial score (nSPS) is 18.1. The van der Waals surface area contributed by atoms with Crippen molar-refractivity contribution < 1.29 is 4.79 Å². The average molecular weight is 291 g/mol. The Morgan fingerprint density at radius 3 is 2.55 bits per heavy atom. The topological polar surface area (TPSA) is 65.8 Å². The third-order valence-electron chi connectivity index (χ3n) is 4.05. The van der Waals surface area contributed by atoms with Gasteiger partial charge >= 0.3 is 0 Å². The van der Waals surface area contributed by atoms with E-state index in [0.29, 0.717) is 18.0 Å². The maximum absolute atomic E-state index is 12.5. The van der Waals surface area contributed by atoms with E-state index >= 15 is 0 Å². The molecule has 1 heterocycles. The minimum atomic E-state index is -0.859. The second-order valence-electron chi connectivity index (χ2n) is 5.44. The van der Waals surface area contributed by atoms with Gasteiger partial charge in [-0.2, -0.15) is 5.26 Å². The van der Waals surface area contributed by atoms with E-state index in [-0.39, 0.29) is 5.91 Å². The number of hydrogen-bond acceptors (Lipinski definition) is 4. The van der Waals surface area contributed by atoms with Gasteiger partial charge in [-0.3, -0.25) is 4.79 Å². The number of rotatable bonds is 3. The van der Waals surface area contributed by atoms with Crippen LogP contribution in [0.5, 0.6) is 0 Å². The fourth-order valence-electron chi connectivity index (χ4n) is 2.75. The van der Waals surface area contributed by atoms with Crippen LogP contribution in [0.25, 0.3) is 0 Å². The van der Waals surface area contributed by atoms with Crippen LogP contribution in [0.4, 0.5) is 5.13 Å². The molecule has 0 atom stereocenters. The lowest BCUT2D eigenvalue weighted by Gasteiger charge is -2.22. The number of hydrogen-bond donors (Lipinski definition) is 1. The van der Waals surface area contributed by atoms with Crippen LogP contribution >= 0.6 is 11.3 Å². The number of nitrogens with one attached hydrogen (secondary N) is 1. The number of carbonyl (C=O) groups excluding carboxylic acids is 1. The van der Waals surface area contributed by atoms with E-state index in [4.69, 9.17) is 0 Å². The van der Waals surface area contributed by atoms with Crippen molar-refractivity contribution in [3.05, 3.63) is 10.6 Å². The maximum Gasteiger partial charge on any atom is 0.246 e. The van der Waals surface area contributed by atoms with Gasteiger partial charge in [-0.05, 0) is 26.2 Å². The van der Waals surface area contributed by atoms with Crippen molar-refractivity contribution >= 4 is 22.4 Å². The Balaban J connectivity index is 2.14. The minimum absolute atomic E-state index is 0.168. The molecule has 5 heteroatoms. The van der Waals surface area contributed by atoms with Crippen LogP contribution < -0.4 is 5.32 Å². The van der Waals surface area contributed by atoms with E-state index in [1.165, 1.54) is 11.3 Å². The fraction of sp³-hybridized carbons (Fsp3) is 0.667. The van der Waals surface area contributed by atoms with E-state index in [0.717, 1.165) is 42.7 Å². The van der Waals surface area contributed by atoms with Crippen LogP contribution in [0.1, 0.15) is 56.0 Å². The lowest BCUT2D eigenvalue weighted by Crippen LogP contribution is -2.34. The predicted molar refractivity (Wildman–Crippen MR) is 80.6 cm³/mol. The Hall–Kier alpha value is -1.41. The van der Waals surface area contributed by atoms with Gasteiger partial charge in [0.1, 0.15) is 5.41 Å². The van der Waals surface area contributed by atoms with Crippen molar-refractivity contribution in [1.82, 2.24) is 4.98 Å². The Kier molecular flexibility index (Phi) is 4.77. The minimum Gasteiger partial charge on any atom is -0.301 e. The molecule has 1 saturated carbocycles. The number of amides is 1. The second-order valence-corrected chi connectivity index (χ2v) is 6.64. The molecule has 1 aromatic rings. The summed E-state index contributed by atoms with van der Waals surface area (Å²) in [6, 6.07) is 2.28. The number of anilines is 1. The Bertz CT molecular complexity index is 522. The molecule has 0 aliphatic heterocycles. The van der Waals surface area contributed by atoms with Crippen LogP contribution in [0, 0.1) is 23.7 Å². The average Bonchev–Trinajstić information content (AvgIpc) is 2.67. The molecule has 2 rings (SSSR count). The van der Waals surface area contributed by atoms with Gasteiger partial charge in [0.25, 0.3) is 0 Å². The molecular formula is C15H21N3OS. The molecule has 1 amide bonds. The molecule has 0 radical (unpaired) electrons. The third-order valence-corrected chi connectivity index (χ3v) is 4.98. The molecule has 0 spiro atoms. The Morgan fingerprint density at radius 1 is 1.40 bits per heavy atom. The summed E-state index contributed by atoms with van der Waals surface area (Å²) in [5.74, 6) is -0.168. The lowest BCUT2D eigenvalue weighted by atomic mass is 9.81. The van der Waals surface area contributed by atoms with Crippen LogP contribution in [-0.2, 0) is 11.2 Å². The number of carbonyl (C=O) groups is 1. The molecule has 1 N–H and O–H groups in total. The summed E-state index contributed by atoms with van der Waals surface area (Å²) in [6.07, 6.45) is 6.35. The molecule has 1 aromatic heterocycles. The quantitative estimate of drug-likeness (QED) is 0.861. The summed E-state index contributed by atoms with van der Waals surface area (Å²) in [4.78, 5) is 18.1. The molecule has 4 nitrogen and oxygen atoms in total. The summed E-state index contributed by atoms with van der Waals surface area (Å²) in [7, 11) is 0. The summed E-state index contributed by atoms with van der Waals surface area (Å²) in [5, 5.41) is 13.0. The van der Waals surface area contributed by atoms with Crippen molar-refractivity contribution in [2.24, 2.45) is 5.41 Å². The standard InChI is InChI=1S/C15H21N3OS/c1-3-12-11(2)20-14(17-12)18-13(19)15(10-16)8-6-4-5-7-9-15/h3-9H2,1-2H3,(H,17,18,19). The summed E-state index contributed by atoms with van der Waals surface area (Å²) in [6.45, 7) is 4.06. The van der Waals surface area contributed by atoms with Crippen molar-refractivity contribution in [2.45, 2.75) is 58.8 Å². The second kappa shape index (κ2) is 6.36. The molecule has 0 unspecified atom stereocenters. The van der Waals surface area contributed by atoms with Crippen LogP contribution in [0.15, 0.2) is 0 Å². The van der Waals surface area contributed by atoms with Gasteiger partial charge < -0.3 is 5.32 Å². The van der Waals surface area contributed by atoms with Crippen molar-refractivity contribution in [3.63, 3.8) is 0 Å². The largest absolute Gasteiger partial charge is 0.301 e. The molecule has 1 fully saturated rings. The highest BCUT2D eigenvalue weighted by molar-refractivity contribution is 7.15. The van der Waals surface area contributed by atoms with Gasteiger partial charge in [0.15, 0.2) is 5.13 Å². The maximum atomic E-state index is 12.5. The molecule has 108 valence electrons. The molecule has 0 aromatic carbocycles. The lowest BCUT2D eigenvalue weighted by molar-refractivity contribution is -0.123. The third kappa shape index (κ3) is 3.01. The Labute approximate surface area is 124 Å². The number of aromatic nitrogens is 1. The van der Waals surface area contributed by atoms with Crippen molar-refractivity contribution in [3.8, 4) is 6.07 Å². The fourth-order valence-corrected chi connectivity index (χ4v) is 3.65. The molecule has 1 aliphatic rings. The predicted octanol–water partition coefficient (Wildman–Crippen LogP) is 3.82. The Morgan fingerprint density at radius 2 is 2.05 bits per heavy atom. The van der Waals surface area contributed by atoms with E-state index < -0.39 is 5.41 Å². The first-order chi connectivity index (χ1) is 9.61. The van der Waals surface area contributed by atoms with Gasteiger partial charge in [-0.1, -0.05) is 32.6 Å². The smallest absolute Gasteiger partial charge is 0.246 e. The highest BCUT2D eigenvalue weighted by atomic mass is 32.1. The molecular weight excluding hydrogens is 270 g/mol. The van der Waals surface area contributed by atoms with E-state index in [1.807, 2.05) is 6.92 Å². The van der Waals surface area contributed by atoms with Gasteiger partial charge in [-0.25, -0.2) is 4.98 Å². The van der Waals surface area contributed by atoms with Crippen LogP contribution in [-0.4, -0.2) is 10.9 Å². The highest BCUT2D eigenvalue weighted by Crippen LogP contribution is 2.36. The monoisotopic (exact) mass is 291 g/mol. The zero-order valence-electron chi connectivity index (χ0n) is 12.2. The van der Waals surface area contributed by atoms with Gasteiger partial charge in [0.05, 0.1) is 11.8 Å². The van der Waals surface area contributed by atoms with Crippen molar-refractivity contribution in [2.75, 3.05) is 5.32 Å². The van der Waals surface area contributed by atoms with Gasteiger partial charge in [-0.15, -0.1) is 11.3 Å². The van der Waals surface area contributed by atoms with Gasteiger partial charge in [0, 0.05) is 4.88 Å². The molecule has 0 saturated heterocycles.